The van der Waals surface area contributed by atoms with Gasteiger partial charge >= 0.3 is 0 Å². The second-order valence-electron chi connectivity index (χ2n) is 3.85. The zero-order valence-corrected chi connectivity index (χ0v) is 8.44. The van der Waals surface area contributed by atoms with E-state index < -0.39 is 0 Å². The Labute approximate surface area is 79.5 Å². The van der Waals surface area contributed by atoms with E-state index in [-0.39, 0.29) is 5.24 Å². The normalized spacial score (nSPS) is 30.2. The van der Waals surface area contributed by atoms with E-state index in [1.807, 2.05) is 0 Å². The summed E-state index contributed by atoms with van der Waals surface area (Å²) in [6.45, 7) is 2.25. The van der Waals surface area contributed by atoms with Crippen LogP contribution in [0.25, 0.3) is 0 Å². The summed E-state index contributed by atoms with van der Waals surface area (Å²) >= 11 is 5.34. The van der Waals surface area contributed by atoms with Crippen molar-refractivity contribution >= 4 is 16.8 Å². The summed E-state index contributed by atoms with van der Waals surface area (Å²) in [7, 11) is 0. The predicted octanol–water partition coefficient (Wildman–Crippen LogP) is 3.36. The second-order valence-corrected chi connectivity index (χ2v) is 4.28. The molecule has 0 atom stereocenters. The van der Waals surface area contributed by atoms with Crippen molar-refractivity contribution in [2.75, 3.05) is 0 Å². The van der Waals surface area contributed by atoms with Gasteiger partial charge in [0, 0.05) is 6.42 Å². The van der Waals surface area contributed by atoms with Gasteiger partial charge < -0.3 is 0 Å². The first-order chi connectivity index (χ1) is 5.72. The molecule has 1 saturated carbocycles. The van der Waals surface area contributed by atoms with Crippen LogP contribution in [0.15, 0.2) is 0 Å². The Balaban J connectivity index is 2.21. The summed E-state index contributed by atoms with van der Waals surface area (Å²) in [5.41, 5.74) is 0. The van der Waals surface area contributed by atoms with E-state index in [9.17, 15) is 4.79 Å². The highest BCUT2D eigenvalue weighted by Crippen LogP contribution is 2.32. The third-order valence-electron chi connectivity index (χ3n) is 2.99. The monoisotopic (exact) mass is 188 g/mol. The maximum absolute atomic E-state index is 10.6. The molecule has 0 spiro atoms. The summed E-state index contributed by atoms with van der Waals surface area (Å²) in [4.78, 5) is 10.6. The lowest BCUT2D eigenvalue weighted by Gasteiger charge is -2.26. The highest BCUT2D eigenvalue weighted by atomic mass is 35.5. The van der Waals surface area contributed by atoms with Crippen molar-refractivity contribution < 1.29 is 4.79 Å². The average molecular weight is 189 g/mol. The molecule has 0 amide bonds. The minimum Gasteiger partial charge on any atom is -0.281 e. The first-order valence-electron chi connectivity index (χ1n) is 4.90. The van der Waals surface area contributed by atoms with Gasteiger partial charge in [-0.05, 0) is 36.3 Å². The molecule has 0 radical (unpaired) electrons. The SMILES string of the molecule is CCC1CCC(CC(=O)Cl)CC1. The molecular weight excluding hydrogens is 172 g/mol. The van der Waals surface area contributed by atoms with Crippen molar-refractivity contribution in [3.8, 4) is 0 Å². The van der Waals surface area contributed by atoms with Crippen molar-refractivity contribution in [1.29, 1.82) is 0 Å². The average Bonchev–Trinajstić information content (AvgIpc) is 2.05. The molecule has 0 saturated heterocycles. The molecule has 0 bridgehead atoms. The molecule has 1 fully saturated rings. The van der Waals surface area contributed by atoms with Crippen molar-refractivity contribution in [2.45, 2.75) is 45.4 Å². The van der Waals surface area contributed by atoms with Crippen molar-refractivity contribution in [3.63, 3.8) is 0 Å². The number of halogens is 1. The highest BCUT2D eigenvalue weighted by molar-refractivity contribution is 6.63. The lowest BCUT2D eigenvalue weighted by Crippen LogP contribution is -2.15. The van der Waals surface area contributed by atoms with Gasteiger partial charge in [-0.2, -0.15) is 0 Å². The largest absolute Gasteiger partial charge is 0.281 e. The van der Waals surface area contributed by atoms with Crippen LogP contribution in [0.3, 0.4) is 0 Å². The van der Waals surface area contributed by atoms with Gasteiger partial charge in [-0.3, -0.25) is 4.79 Å². The van der Waals surface area contributed by atoms with Gasteiger partial charge in [-0.1, -0.05) is 26.2 Å². The fourth-order valence-corrected chi connectivity index (χ4v) is 2.29. The molecule has 0 aliphatic heterocycles. The van der Waals surface area contributed by atoms with E-state index in [0.29, 0.717) is 12.3 Å². The Hall–Kier alpha value is -0.0400. The lowest BCUT2D eigenvalue weighted by atomic mass is 9.80. The maximum atomic E-state index is 10.6. The molecule has 0 heterocycles. The van der Waals surface area contributed by atoms with E-state index >= 15 is 0 Å². The van der Waals surface area contributed by atoms with Crippen LogP contribution in [0.4, 0.5) is 0 Å². The topological polar surface area (TPSA) is 17.1 Å². The molecule has 1 aliphatic carbocycles. The molecule has 1 rings (SSSR count). The van der Waals surface area contributed by atoms with Gasteiger partial charge in [0.25, 0.3) is 0 Å². The standard InChI is InChI=1S/C10H17ClO/c1-2-8-3-5-9(6-4-8)7-10(11)12/h8-9H,2-7H2,1H3. The third kappa shape index (κ3) is 3.14. The molecular formula is C10H17ClO. The van der Waals surface area contributed by atoms with Crippen molar-refractivity contribution in [1.82, 2.24) is 0 Å². The van der Waals surface area contributed by atoms with Gasteiger partial charge in [-0.15, -0.1) is 0 Å². The fraction of sp³-hybridized carbons (Fsp3) is 0.900. The van der Waals surface area contributed by atoms with Gasteiger partial charge in [0.15, 0.2) is 0 Å². The molecule has 12 heavy (non-hydrogen) atoms. The van der Waals surface area contributed by atoms with Crippen LogP contribution in [-0.4, -0.2) is 5.24 Å². The number of hydrogen-bond donors (Lipinski definition) is 0. The van der Waals surface area contributed by atoms with E-state index in [1.54, 1.807) is 0 Å². The molecule has 2 heteroatoms. The number of rotatable bonds is 3. The van der Waals surface area contributed by atoms with Crippen LogP contribution in [0, 0.1) is 11.8 Å². The van der Waals surface area contributed by atoms with Crippen LogP contribution in [0.2, 0.25) is 0 Å². The van der Waals surface area contributed by atoms with Crippen LogP contribution >= 0.6 is 11.6 Å². The maximum Gasteiger partial charge on any atom is 0.221 e. The minimum absolute atomic E-state index is 0.157. The molecule has 0 aromatic rings. The quantitative estimate of drug-likeness (QED) is 0.621. The number of carbonyl (C=O) groups is 1. The van der Waals surface area contributed by atoms with Crippen LogP contribution in [0.1, 0.15) is 45.4 Å². The Kier molecular flexibility index (Phi) is 4.07. The zero-order chi connectivity index (χ0) is 8.97. The minimum atomic E-state index is -0.157. The van der Waals surface area contributed by atoms with Crippen LogP contribution in [0.5, 0.6) is 0 Å². The van der Waals surface area contributed by atoms with Crippen molar-refractivity contribution in [3.05, 3.63) is 0 Å². The van der Waals surface area contributed by atoms with E-state index in [2.05, 4.69) is 6.92 Å². The van der Waals surface area contributed by atoms with Gasteiger partial charge in [0.1, 0.15) is 0 Å². The summed E-state index contributed by atoms with van der Waals surface area (Å²) in [6.07, 6.45) is 6.89. The lowest BCUT2D eigenvalue weighted by molar-refractivity contribution is -0.112. The Morgan fingerprint density at radius 3 is 2.17 bits per heavy atom. The third-order valence-corrected chi connectivity index (χ3v) is 3.15. The fourth-order valence-electron chi connectivity index (χ4n) is 2.07. The molecule has 70 valence electrons. The first kappa shape index (κ1) is 10.0. The molecule has 0 unspecified atom stereocenters. The Morgan fingerprint density at radius 2 is 1.75 bits per heavy atom. The zero-order valence-electron chi connectivity index (χ0n) is 7.68. The smallest absolute Gasteiger partial charge is 0.221 e. The predicted molar refractivity (Wildman–Crippen MR) is 51.2 cm³/mol. The Bertz CT molecular complexity index is 148. The summed E-state index contributed by atoms with van der Waals surface area (Å²) in [5.74, 6) is 1.49. The summed E-state index contributed by atoms with van der Waals surface area (Å²) in [6, 6.07) is 0. The van der Waals surface area contributed by atoms with E-state index in [0.717, 1.165) is 5.92 Å². The molecule has 1 aliphatic rings. The summed E-state index contributed by atoms with van der Waals surface area (Å²) < 4.78 is 0. The van der Waals surface area contributed by atoms with Gasteiger partial charge in [-0.25, -0.2) is 0 Å². The highest BCUT2D eigenvalue weighted by Gasteiger charge is 2.21. The van der Waals surface area contributed by atoms with Crippen molar-refractivity contribution in [2.24, 2.45) is 11.8 Å². The molecule has 0 N–H and O–H groups in total. The van der Waals surface area contributed by atoms with E-state index in [4.69, 9.17) is 11.6 Å². The Morgan fingerprint density at radius 1 is 1.25 bits per heavy atom. The van der Waals surface area contributed by atoms with Gasteiger partial charge in [0.05, 0.1) is 0 Å². The molecule has 0 aromatic carbocycles. The summed E-state index contributed by atoms with van der Waals surface area (Å²) in [5, 5.41) is -0.157. The second kappa shape index (κ2) is 4.86. The molecule has 1 nitrogen and oxygen atoms in total. The van der Waals surface area contributed by atoms with Crippen LogP contribution < -0.4 is 0 Å². The number of hydrogen-bond acceptors (Lipinski definition) is 1. The molecule has 0 aromatic heterocycles. The van der Waals surface area contributed by atoms with Gasteiger partial charge in [0.2, 0.25) is 5.24 Å². The van der Waals surface area contributed by atoms with Crippen LogP contribution in [-0.2, 0) is 4.79 Å². The van der Waals surface area contributed by atoms with E-state index in [1.165, 1.54) is 32.1 Å². The first-order valence-corrected chi connectivity index (χ1v) is 5.28. The number of carbonyl (C=O) groups excluding carboxylic acids is 1.